The Labute approximate surface area is 128 Å². The van der Waals surface area contributed by atoms with Gasteiger partial charge in [0.2, 0.25) is 0 Å². The van der Waals surface area contributed by atoms with Crippen LogP contribution in [0.3, 0.4) is 0 Å². The van der Waals surface area contributed by atoms with Crippen molar-refractivity contribution in [2.24, 2.45) is 0 Å². The molecule has 2 saturated heterocycles. The van der Waals surface area contributed by atoms with E-state index in [0.29, 0.717) is 10.2 Å². The van der Waals surface area contributed by atoms with E-state index < -0.39 is 0 Å². The molecule has 20 heavy (non-hydrogen) atoms. The van der Waals surface area contributed by atoms with Crippen LogP contribution >= 0.6 is 24.4 Å². The molecule has 0 aliphatic carbocycles. The fraction of sp³-hybridized carbons (Fsp3) is 0.333. The fourth-order valence-electron chi connectivity index (χ4n) is 2.15. The first kappa shape index (κ1) is 13.2. The topological polar surface area (TPSA) is 54.6 Å². The molecule has 6 nitrogen and oxygen atoms in total. The van der Waals surface area contributed by atoms with Crippen molar-refractivity contribution in [3.8, 4) is 0 Å². The van der Waals surface area contributed by atoms with Gasteiger partial charge in [-0.05, 0) is 48.7 Å². The summed E-state index contributed by atoms with van der Waals surface area (Å²) in [6.07, 6.45) is 0. The molecule has 2 fully saturated rings. The molecule has 3 rings (SSSR count). The molecule has 0 unspecified atom stereocenters. The molecule has 1 aromatic rings. The minimum Gasteiger partial charge on any atom is -0.345 e. The number of thiocarbonyl (C=S) groups is 2. The zero-order chi connectivity index (χ0) is 13.9. The Hall–Kier alpha value is -1.80. The summed E-state index contributed by atoms with van der Waals surface area (Å²) in [7, 11) is 0. The number of nitrogens with zero attached hydrogens (tertiary/aromatic N) is 2. The van der Waals surface area contributed by atoms with Crippen molar-refractivity contribution in [3.63, 3.8) is 0 Å². The van der Waals surface area contributed by atoms with Gasteiger partial charge in [-0.3, -0.25) is 0 Å². The number of hydrogen-bond acceptors (Lipinski definition) is 4. The number of rotatable bonds is 2. The summed E-state index contributed by atoms with van der Waals surface area (Å²) < 4.78 is 0. The van der Waals surface area contributed by atoms with Gasteiger partial charge in [-0.1, -0.05) is 0 Å². The highest BCUT2D eigenvalue weighted by Crippen LogP contribution is 2.20. The van der Waals surface area contributed by atoms with Gasteiger partial charge in [0.15, 0.2) is 10.2 Å². The maximum absolute atomic E-state index is 5.04. The van der Waals surface area contributed by atoms with Crippen LogP contribution in [0.2, 0.25) is 0 Å². The number of benzene rings is 1. The Bertz CT molecular complexity index is 450. The van der Waals surface area contributed by atoms with Crippen LogP contribution in [0.4, 0.5) is 11.4 Å². The van der Waals surface area contributed by atoms with Crippen LogP contribution in [0.1, 0.15) is 0 Å². The van der Waals surface area contributed by atoms with E-state index in [0.717, 1.165) is 38.0 Å². The van der Waals surface area contributed by atoms with E-state index in [9.17, 15) is 0 Å². The van der Waals surface area contributed by atoms with Gasteiger partial charge in [0.05, 0.1) is 26.7 Å². The van der Waals surface area contributed by atoms with Crippen LogP contribution < -0.4 is 31.1 Å². The minimum atomic E-state index is 0.708. The van der Waals surface area contributed by atoms with E-state index >= 15 is 0 Å². The Morgan fingerprint density at radius 1 is 0.650 bits per heavy atom. The van der Waals surface area contributed by atoms with Gasteiger partial charge >= 0.3 is 0 Å². The van der Waals surface area contributed by atoms with Crippen molar-refractivity contribution in [2.75, 3.05) is 36.5 Å². The first-order valence-corrected chi connectivity index (χ1v) is 7.17. The molecule has 2 aliphatic heterocycles. The Kier molecular flexibility index (Phi) is 3.75. The average molecular weight is 308 g/mol. The first-order chi connectivity index (χ1) is 9.72. The summed E-state index contributed by atoms with van der Waals surface area (Å²) in [4.78, 5) is 4.36. The highest BCUT2D eigenvalue weighted by molar-refractivity contribution is 7.80. The largest absolute Gasteiger partial charge is 0.345 e. The quantitative estimate of drug-likeness (QED) is 0.574. The van der Waals surface area contributed by atoms with Crippen molar-refractivity contribution in [3.05, 3.63) is 24.3 Å². The zero-order valence-corrected chi connectivity index (χ0v) is 12.5. The molecule has 0 bridgehead atoms. The van der Waals surface area contributed by atoms with Gasteiger partial charge in [-0.2, -0.15) is 0 Å². The van der Waals surface area contributed by atoms with Gasteiger partial charge in [0.25, 0.3) is 0 Å². The van der Waals surface area contributed by atoms with Crippen molar-refractivity contribution < 1.29 is 0 Å². The fourth-order valence-corrected chi connectivity index (χ4v) is 2.40. The van der Waals surface area contributed by atoms with E-state index in [4.69, 9.17) is 24.4 Å². The van der Waals surface area contributed by atoms with Crippen molar-refractivity contribution >= 4 is 46.0 Å². The first-order valence-electron chi connectivity index (χ1n) is 6.36. The summed E-state index contributed by atoms with van der Waals surface area (Å²) in [6.45, 7) is 2.91. The SMILES string of the molecule is S=C1NCN(c2ccc(N3CNC(=S)NC3)cc2)CN1. The average Bonchev–Trinajstić information content (AvgIpc) is 2.49. The molecular weight excluding hydrogens is 292 g/mol. The summed E-state index contributed by atoms with van der Waals surface area (Å²) in [5.74, 6) is 0. The van der Waals surface area contributed by atoms with E-state index in [-0.39, 0.29) is 0 Å². The third kappa shape index (κ3) is 2.86. The number of nitrogens with one attached hydrogen (secondary N) is 4. The highest BCUT2D eigenvalue weighted by Gasteiger charge is 2.15. The Morgan fingerprint density at radius 3 is 1.25 bits per heavy atom. The Morgan fingerprint density at radius 2 is 0.950 bits per heavy atom. The molecular formula is C12H16N6S2. The molecule has 0 spiro atoms. The van der Waals surface area contributed by atoms with Crippen molar-refractivity contribution in [1.82, 2.24) is 21.3 Å². The summed E-state index contributed by atoms with van der Waals surface area (Å²) in [6, 6.07) is 8.44. The number of anilines is 2. The molecule has 0 amide bonds. The molecule has 106 valence electrons. The lowest BCUT2D eigenvalue weighted by Crippen LogP contribution is -2.54. The van der Waals surface area contributed by atoms with Crippen LogP contribution in [-0.2, 0) is 0 Å². The van der Waals surface area contributed by atoms with E-state index in [1.54, 1.807) is 0 Å². The normalized spacial score (nSPS) is 18.8. The monoisotopic (exact) mass is 308 g/mol. The second-order valence-electron chi connectivity index (χ2n) is 4.59. The van der Waals surface area contributed by atoms with Crippen LogP contribution in [-0.4, -0.2) is 36.9 Å². The molecule has 1 aromatic carbocycles. The number of hydrogen-bond donors (Lipinski definition) is 4. The molecule has 2 aliphatic rings. The smallest absolute Gasteiger partial charge is 0.169 e. The standard InChI is InChI=1S/C12H16N6S2/c19-11-13-5-17(6-14-11)9-1-2-10(4-3-9)18-7-15-12(20)16-8-18/h1-4H,5-8H2,(H2,13,14,19)(H2,15,16,20). The lowest BCUT2D eigenvalue weighted by atomic mass is 10.2. The van der Waals surface area contributed by atoms with Gasteiger partial charge < -0.3 is 31.1 Å². The van der Waals surface area contributed by atoms with E-state index in [2.05, 4.69) is 55.3 Å². The van der Waals surface area contributed by atoms with Crippen molar-refractivity contribution in [2.45, 2.75) is 0 Å². The summed E-state index contributed by atoms with van der Waals surface area (Å²) >= 11 is 10.1. The van der Waals surface area contributed by atoms with Crippen LogP contribution in [0, 0.1) is 0 Å². The van der Waals surface area contributed by atoms with Crippen LogP contribution in [0.5, 0.6) is 0 Å². The molecule has 2 heterocycles. The molecule has 0 aromatic heterocycles. The molecule has 8 heteroatoms. The van der Waals surface area contributed by atoms with Gasteiger partial charge in [0, 0.05) is 11.4 Å². The van der Waals surface area contributed by atoms with Gasteiger partial charge in [0.1, 0.15) is 0 Å². The molecule has 0 saturated carbocycles. The molecule has 0 radical (unpaired) electrons. The molecule has 0 atom stereocenters. The predicted octanol–water partition coefficient (Wildman–Crippen LogP) is 0.0848. The van der Waals surface area contributed by atoms with E-state index in [1.165, 1.54) is 0 Å². The maximum Gasteiger partial charge on any atom is 0.169 e. The summed E-state index contributed by atoms with van der Waals surface area (Å²) in [5.41, 5.74) is 2.31. The van der Waals surface area contributed by atoms with Crippen LogP contribution in [0.15, 0.2) is 24.3 Å². The second kappa shape index (κ2) is 5.68. The predicted molar refractivity (Wildman–Crippen MR) is 88.6 cm³/mol. The minimum absolute atomic E-state index is 0.708. The maximum atomic E-state index is 5.04. The summed E-state index contributed by atoms with van der Waals surface area (Å²) in [5, 5.41) is 13.9. The van der Waals surface area contributed by atoms with Crippen molar-refractivity contribution in [1.29, 1.82) is 0 Å². The zero-order valence-electron chi connectivity index (χ0n) is 10.8. The van der Waals surface area contributed by atoms with Gasteiger partial charge in [-0.25, -0.2) is 0 Å². The lowest BCUT2D eigenvalue weighted by molar-refractivity contribution is 0.667. The Balaban J connectivity index is 1.65. The van der Waals surface area contributed by atoms with Crippen LogP contribution in [0.25, 0.3) is 0 Å². The highest BCUT2D eigenvalue weighted by atomic mass is 32.1. The third-order valence-electron chi connectivity index (χ3n) is 3.30. The van der Waals surface area contributed by atoms with Gasteiger partial charge in [-0.15, -0.1) is 0 Å². The third-order valence-corrected chi connectivity index (χ3v) is 3.88. The lowest BCUT2D eigenvalue weighted by Gasteiger charge is -2.33. The van der Waals surface area contributed by atoms with E-state index in [1.807, 2.05) is 0 Å². The molecule has 4 N–H and O–H groups in total. The second-order valence-corrected chi connectivity index (χ2v) is 5.41.